The fourth-order valence-corrected chi connectivity index (χ4v) is 3.39. The first-order valence-electron chi connectivity index (χ1n) is 7.28. The van der Waals surface area contributed by atoms with Crippen LogP contribution in [0.15, 0.2) is 10.5 Å². The smallest absolute Gasteiger partial charge is 0.154 e. The molecule has 0 radical (unpaired) electrons. The molecular weight excluding hydrogens is 329 g/mol. The summed E-state index contributed by atoms with van der Waals surface area (Å²) in [5.41, 5.74) is 1.85. The van der Waals surface area contributed by atoms with Crippen molar-refractivity contribution in [3.8, 4) is 0 Å². The van der Waals surface area contributed by atoms with Crippen molar-refractivity contribution < 1.29 is 4.42 Å². The van der Waals surface area contributed by atoms with Gasteiger partial charge in [-0.3, -0.25) is 0 Å². The summed E-state index contributed by atoms with van der Waals surface area (Å²) in [4.78, 5) is 0. The predicted molar refractivity (Wildman–Crippen MR) is 89.8 cm³/mol. The predicted octanol–water partition coefficient (Wildman–Crippen LogP) is 6.02. The number of halogens is 3. The van der Waals surface area contributed by atoms with Crippen LogP contribution in [0.25, 0.3) is 11.0 Å². The molecule has 1 aliphatic rings. The summed E-state index contributed by atoms with van der Waals surface area (Å²) in [5, 5.41) is 5.89. The molecule has 1 aromatic carbocycles. The molecular formula is C16H18Cl3NO. The van der Waals surface area contributed by atoms with Gasteiger partial charge in [0, 0.05) is 10.9 Å². The Morgan fingerprint density at radius 1 is 1.24 bits per heavy atom. The molecule has 1 fully saturated rings. The lowest BCUT2D eigenvalue weighted by atomic mass is 10.1. The second kappa shape index (κ2) is 6.00. The van der Waals surface area contributed by atoms with Gasteiger partial charge in [-0.1, -0.05) is 48.7 Å². The van der Waals surface area contributed by atoms with Crippen molar-refractivity contribution in [3.05, 3.63) is 32.5 Å². The fraction of sp³-hybridized carbons (Fsp3) is 0.500. The van der Waals surface area contributed by atoms with Gasteiger partial charge in [-0.25, -0.2) is 0 Å². The third-order valence-electron chi connectivity index (χ3n) is 3.75. The van der Waals surface area contributed by atoms with E-state index in [-0.39, 0.29) is 0 Å². The lowest BCUT2D eigenvalue weighted by molar-refractivity contribution is 0.481. The Hall–Kier alpha value is -0.410. The number of nitrogens with one attached hydrogen (secondary N) is 1. The van der Waals surface area contributed by atoms with Crippen molar-refractivity contribution in [3.63, 3.8) is 0 Å². The first-order chi connectivity index (χ1) is 9.99. The highest BCUT2D eigenvalue weighted by molar-refractivity contribution is 6.47. The summed E-state index contributed by atoms with van der Waals surface area (Å²) < 4.78 is 6.01. The first-order valence-corrected chi connectivity index (χ1v) is 8.42. The SMILES string of the molecule is CC(C)CNCc1oc2c(Cl)cc(Cl)c(Cl)c2c1C1CC1. The molecule has 1 aromatic heterocycles. The van der Waals surface area contributed by atoms with Gasteiger partial charge in [0.05, 0.1) is 21.6 Å². The van der Waals surface area contributed by atoms with Crippen LogP contribution in [-0.4, -0.2) is 6.54 Å². The lowest BCUT2D eigenvalue weighted by Crippen LogP contribution is -2.19. The van der Waals surface area contributed by atoms with E-state index in [2.05, 4.69) is 19.2 Å². The Bertz CT molecular complexity index is 674. The van der Waals surface area contributed by atoms with E-state index in [0.717, 1.165) is 17.7 Å². The zero-order chi connectivity index (χ0) is 15.1. The van der Waals surface area contributed by atoms with Crippen LogP contribution in [0.1, 0.15) is 43.9 Å². The number of hydrogen-bond acceptors (Lipinski definition) is 2. The Morgan fingerprint density at radius 3 is 2.57 bits per heavy atom. The van der Waals surface area contributed by atoms with Gasteiger partial charge in [-0.2, -0.15) is 0 Å². The van der Waals surface area contributed by atoms with Crippen LogP contribution in [0.4, 0.5) is 0 Å². The molecule has 0 spiro atoms. The molecule has 0 atom stereocenters. The summed E-state index contributed by atoms with van der Waals surface area (Å²) >= 11 is 18.8. The van der Waals surface area contributed by atoms with Gasteiger partial charge < -0.3 is 9.73 Å². The van der Waals surface area contributed by atoms with Crippen molar-refractivity contribution in [2.45, 2.75) is 39.2 Å². The van der Waals surface area contributed by atoms with E-state index in [1.54, 1.807) is 6.07 Å². The van der Waals surface area contributed by atoms with Crippen molar-refractivity contribution in [2.24, 2.45) is 5.92 Å². The highest BCUT2D eigenvalue weighted by Gasteiger charge is 2.32. The molecule has 3 rings (SSSR count). The highest BCUT2D eigenvalue weighted by Crippen LogP contribution is 2.50. The minimum Gasteiger partial charge on any atom is -0.458 e. The fourth-order valence-electron chi connectivity index (χ4n) is 2.65. The maximum Gasteiger partial charge on any atom is 0.154 e. The van der Waals surface area contributed by atoms with Gasteiger partial charge in [0.15, 0.2) is 5.58 Å². The largest absolute Gasteiger partial charge is 0.458 e. The van der Waals surface area contributed by atoms with E-state index in [9.17, 15) is 0 Å². The second-order valence-electron chi connectivity index (χ2n) is 6.10. The monoisotopic (exact) mass is 345 g/mol. The minimum atomic E-state index is 0.485. The van der Waals surface area contributed by atoms with Gasteiger partial charge >= 0.3 is 0 Å². The molecule has 5 heteroatoms. The highest BCUT2D eigenvalue weighted by atomic mass is 35.5. The minimum absolute atomic E-state index is 0.485. The molecule has 0 unspecified atom stereocenters. The molecule has 0 aliphatic heterocycles. The Kier molecular flexibility index (Phi) is 4.42. The normalized spacial score (nSPS) is 15.3. The number of hydrogen-bond donors (Lipinski definition) is 1. The van der Waals surface area contributed by atoms with E-state index < -0.39 is 0 Å². The summed E-state index contributed by atoms with van der Waals surface area (Å²) in [6.45, 7) is 6.01. The van der Waals surface area contributed by atoms with E-state index in [1.165, 1.54) is 18.4 Å². The van der Waals surface area contributed by atoms with Crippen LogP contribution in [0.2, 0.25) is 15.1 Å². The van der Waals surface area contributed by atoms with Crippen LogP contribution >= 0.6 is 34.8 Å². The number of benzene rings is 1. The average molecular weight is 347 g/mol. The van der Waals surface area contributed by atoms with Gasteiger partial charge in [-0.15, -0.1) is 0 Å². The van der Waals surface area contributed by atoms with Gasteiger partial charge in [0.25, 0.3) is 0 Å². The number of fused-ring (bicyclic) bond motifs is 1. The summed E-state index contributed by atoms with van der Waals surface area (Å²) in [5.74, 6) is 2.06. The molecule has 1 N–H and O–H groups in total. The van der Waals surface area contributed by atoms with E-state index in [0.29, 0.717) is 39.0 Å². The lowest BCUT2D eigenvalue weighted by Gasteiger charge is -2.07. The number of rotatable bonds is 5. The van der Waals surface area contributed by atoms with Gasteiger partial charge in [0.2, 0.25) is 0 Å². The summed E-state index contributed by atoms with van der Waals surface area (Å²) in [6.07, 6.45) is 2.35. The standard InChI is InChI=1S/C16H18Cl3NO/c1-8(2)6-20-7-12-13(9-3-4-9)14-15(19)10(17)5-11(18)16(14)21-12/h5,8-9,20H,3-4,6-7H2,1-2H3. The number of furan rings is 1. The van der Waals surface area contributed by atoms with Crippen LogP contribution in [-0.2, 0) is 6.54 Å². The molecule has 1 aliphatic carbocycles. The van der Waals surface area contributed by atoms with Crippen molar-refractivity contribution >= 4 is 45.8 Å². The molecule has 0 saturated heterocycles. The summed E-state index contributed by atoms with van der Waals surface area (Å²) in [7, 11) is 0. The van der Waals surface area contributed by atoms with E-state index in [4.69, 9.17) is 39.2 Å². The molecule has 1 heterocycles. The third kappa shape index (κ3) is 3.05. The average Bonchev–Trinajstić information content (AvgIpc) is 3.17. The van der Waals surface area contributed by atoms with Gasteiger partial charge in [0.1, 0.15) is 5.76 Å². The Morgan fingerprint density at radius 2 is 1.95 bits per heavy atom. The Labute approximate surface area is 139 Å². The second-order valence-corrected chi connectivity index (χ2v) is 7.29. The van der Waals surface area contributed by atoms with Crippen molar-refractivity contribution in [2.75, 3.05) is 6.54 Å². The van der Waals surface area contributed by atoms with Crippen molar-refractivity contribution in [1.82, 2.24) is 5.32 Å². The van der Waals surface area contributed by atoms with Crippen LogP contribution in [0.3, 0.4) is 0 Å². The molecule has 0 bridgehead atoms. The summed E-state index contributed by atoms with van der Waals surface area (Å²) in [6, 6.07) is 1.65. The Balaban J connectivity index is 2.05. The van der Waals surface area contributed by atoms with Crippen LogP contribution < -0.4 is 5.32 Å². The molecule has 2 aromatic rings. The molecule has 21 heavy (non-hydrogen) atoms. The quantitative estimate of drug-likeness (QED) is 0.670. The maximum absolute atomic E-state index is 6.40. The topological polar surface area (TPSA) is 25.2 Å². The van der Waals surface area contributed by atoms with Crippen LogP contribution in [0.5, 0.6) is 0 Å². The maximum atomic E-state index is 6.40. The van der Waals surface area contributed by atoms with Crippen molar-refractivity contribution in [1.29, 1.82) is 0 Å². The molecule has 0 amide bonds. The zero-order valence-electron chi connectivity index (χ0n) is 12.1. The van der Waals surface area contributed by atoms with Crippen LogP contribution in [0, 0.1) is 5.92 Å². The first kappa shape index (κ1) is 15.5. The van der Waals surface area contributed by atoms with Gasteiger partial charge in [-0.05, 0) is 37.3 Å². The molecule has 2 nitrogen and oxygen atoms in total. The third-order valence-corrected chi connectivity index (χ3v) is 4.81. The zero-order valence-corrected chi connectivity index (χ0v) is 14.4. The van der Waals surface area contributed by atoms with E-state index in [1.807, 2.05) is 0 Å². The molecule has 114 valence electrons. The van der Waals surface area contributed by atoms with E-state index >= 15 is 0 Å². The molecule has 1 saturated carbocycles.